The molecule has 0 saturated carbocycles. The van der Waals surface area contributed by atoms with Crippen molar-refractivity contribution < 1.29 is 9.53 Å². The van der Waals surface area contributed by atoms with Gasteiger partial charge in [-0.1, -0.05) is 13.8 Å². The van der Waals surface area contributed by atoms with Crippen LogP contribution in [0.5, 0.6) is 0 Å². The van der Waals surface area contributed by atoms with Crippen LogP contribution in [0.1, 0.15) is 33.6 Å². The third-order valence-corrected chi connectivity index (χ3v) is 2.50. The van der Waals surface area contributed by atoms with Crippen LogP contribution in [-0.2, 0) is 9.53 Å². The van der Waals surface area contributed by atoms with Gasteiger partial charge in [0.1, 0.15) is 6.61 Å². The van der Waals surface area contributed by atoms with E-state index in [0.717, 1.165) is 12.8 Å². The van der Waals surface area contributed by atoms with Gasteiger partial charge in [0, 0.05) is 12.1 Å². The van der Waals surface area contributed by atoms with E-state index in [9.17, 15) is 4.79 Å². The standard InChI is InChI=1S/C10H22N2O2/c1-4-10(3,5-2)12-9(13)8-14-7-6-11/h4-8,11H2,1-3H3,(H,12,13). The van der Waals surface area contributed by atoms with E-state index in [1.165, 1.54) is 0 Å². The van der Waals surface area contributed by atoms with E-state index < -0.39 is 0 Å². The highest BCUT2D eigenvalue weighted by Gasteiger charge is 2.21. The van der Waals surface area contributed by atoms with Crippen LogP contribution >= 0.6 is 0 Å². The molecule has 0 aliphatic heterocycles. The van der Waals surface area contributed by atoms with Gasteiger partial charge in [-0.05, 0) is 19.8 Å². The highest BCUT2D eigenvalue weighted by Crippen LogP contribution is 2.12. The van der Waals surface area contributed by atoms with E-state index in [4.69, 9.17) is 10.5 Å². The fraction of sp³-hybridized carbons (Fsp3) is 0.900. The Labute approximate surface area is 86.2 Å². The molecule has 0 rings (SSSR count). The maximum Gasteiger partial charge on any atom is 0.246 e. The first-order valence-electron chi connectivity index (χ1n) is 5.16. The predicted octanol–water partition coefficient (Wildman–Crippen LogP) is 0.657. The highest BCUT2D eigenvalue weighted by molar-refractivity contribution is 5.77. The first kappa shape index (κ1) is 13.4. The van der Waals surface area contributed by atoms with Crippen LogP contribution in [0, 0.1) is 0 Å². The Kier molecular flexibility index (Phi) is 6.49. The molecule has 0 aliphatic rings. The van der Waals surface area contributed by atoms with Gasteiger partial charge in [0.25, 0.3) is 0 Å². The Morgan fingerprint density at radius 1 is 1.43 bits per heavy atom. The number of hydrogen-bond acceptors (Lipinski definition) is 3. The summed E-state index contributed by atoms with van der Waals surface area (Å²) in [6.45, 7) is 7.14. The Morgan fingerprint density at radius 2 is 2.00 bits per heavy atom. The Hall–Kier alpha value is -0.610. The summed E-state index contributed by atoms with van der Waals surface area (Å²) in [7, 11) is 0. The van der Waals surface area contributed by atoms with E-state index >= 15 is 0 Å². The Morgan fingerprint density at radius 3 is 2.43 bits per heavy atom. The Balaban J connectivity index is 3.80. The van der Waals surface area contributed by atoms with Gasteiger partial charge in [-0.3, -0.25) is 4.79 Å². The second-order valence-corrected chi connectivity index (χ2v) is 3.66. The number of nitrogens with two attached hydrogens (primary N) is 1. The minimum Gasteiger partial charge on any atom is -0.370 e. The molecule has 0 spiro atoms. The molecule has 0 saturated heterocycles. The molecule has 1 amide bonds. The number of carbonyl (C=O) groups excluding carboxylic acids is 1. The first-order valence-corrected chi connectivity index (χ1v) is 5.16. The summed E-state index contributed by atoms with van der Waals surface area (Å²) in [5, 5.41) is 2.95. The lowest BCUT2D eigenvalue weighted by Crippen LogP contribution is -2.46. The number of hydrogen-bond donors (Lipinski definition) is 2. The van der Waals surface area contributed by atoms with Crippen LogP contribution in [0.4, 0.5) is 0 Å². The molecule has 0 aromatic heterocycles. The summed E-state index contributed by atoms with van der Waals surface area (Å²) in [4.78, 5) is 11.4. The number of amides is 1. The van der Waals surface area contributed by atoms with Crippen molar-refractivity contribution in [2.24, 2.45) is 5.73 Å². The summed E-state index contributed by atoms with van der Waals surface area (Å²) in [5.74, 6) is -0.0651. The average molecular weight is 202 g/mol. The van der Waals surface area contributed by atoms with Crippen molar-refractivity contribution in [3.05, 3.63) is 0 Å². The molecule has 0 radical (unpaired) electrons. The van der Waals surface area contributed by atoms with Crippen LogP contribution in [-0.4, -0.2) is 31.2 Å². The zero-order valence-corrected chi connectivity index (χ0v) is 9.43. The lowest BCUT2D eigenvalue weighted by atomic mass is 9.96. The lowest BCUT2D eigenvalue weighted by Gasteiger charge is -2.28. The topological polar surface area (TPSA) is 64.3 Å². The van der Waals surface area contributed by atoms with Crippen molar-refractivity contribution >= 4 is 5.91 Å². The molecule has 0 aromatic carbocycles. The van der Waals surface area contributed by atoms with Crippen LogP contribution in [0.25, 0.3) is 0 Å². The van der Waals surface area contributed by atoms with Crippen LogP contribution < -0.4 is 11.1 Å². The second kappa shape index (κ2) is 6.79. The van der Waals surface area contributed by atoms with Gasteiger partial charge < -0.3 is 15.8 Å². The lowest BCUT2D eigenvalue weighted by molar-refractivity contribution is -0.127. The molecule has 4 heteroatoms. The molecule has 0 aliphatic carbocycles. The molecule has 3 N–H and O–H groups in total. The molecule has 0 unspecified atom stereocenters. The molecule has 0 fully saturated rings. The molecule has 0 heterocycles. The van der Waals surface area contributed by atoms with Gasteiger partial charge in [0.2, 0.25) is 5.91 Å². The molecule has 4 nitrogen and oxygen atoms in total. The van der Waals surface area contributed by atoms with Crippen molar-refractivity contribution in [1.82, 2.24) is 5.32 Å². The normalized spacial score (nSPS) is 11.4. The van der Waals surface area contributed by atoms with Gasteiger partial charge in [-0.25, -0.2) is 0 Å². The number of rotatable bonds is 7. The SMILES string of the molecule is CCC(C)(CC)NC(=O)COCCN. The van der Waals surface area contributed by atoms with E-state index in [1.54, 1.807) is 0 Å². The first-order chi connectivity index (χ1) is 6.58. The monoisotopic (exact) mass is 202 g/mol. The summed E-state index contributed by atoms with van der Waals surface area (Å²) in [6, 6.07) is 0. The maximum absolute atomic E-state index is 11.4. The molecule has 14 heavy (non-hydrogen) atoms. The number of ether oxygens (including phenoxy) is 1. The summed E-state index contributed by atoms with van der Waals surface area (Å²) < 4.78 is 5.04. The zero-order chi connectivity index (χ0) is 11.0. The summed E-state index contributed by atoms with van der Waals surface area (Å²) in [5.41, 5.74) is 5.13. The fourth-order valence-electron chi connectivity index (χ4n) is 1.05. The predicted molar refractivity (Wildman–Crippen MR) is 57.0 cm³/mol. The van der Waals surface area contributed by atoms with Gasteiger partial charge in [0.05, 0.1) is 6.61 Å². The van der Waals surface area contributed by atoms with Crippen molar-refractivity contribution in [3.63, 3.8) is 0 Å². The van der Waals surface area contributed by atoms with Crippen molar-refractivity contribution in [3.8, 4) is 0 Å². The minimum absolute atomic E-state index is 0.0651. The van der Waals surface area contributed by atoms with E-state index in [1.807, 2.05) is 6.92 Å². The molecule has 0 bridgehead atoms. The van der Waals surface area contributed by atoms with E-state index in [0.29, 0.717) is 13.2 Å². The van der Waals surface area contributed by atoms with Gasteiger partial charge in [0.15, 0.2) is 0 Å². The molecule has 0 aromatic rings. The molecule has 0 atom stereocenters. The third-order valence-electron chi connectivity index (χ3n) is 2.50. The highest BCUT2D eigenvalue weighted by atomic mass is 16.5. The van der Waals surface area contributed by atoms with Crippen LogP contribution in [0.15, 0.2) is 0 Å². The van der Waals surface area contributed by atoms with Crippen LogP contribution in [0.3, 0.4) is 0 Å². The van der Waals surface area contributed by atoms with E-state index in [2.05, 4.69) is 19.2 Å². The summed E-state index contributed by atoms with van der Waals surface area (Å²) in [6.07, 6.45) is 1.85. The molecular weight excluding hydrogens is 180 g/mol. The zero-order valence-electron chi connectivity index (χ0n) is 9.43. The minimum atomic E-state index is -0.108. The van der Waals surface area contributed by atoms with Crippen molar-refractivity contribution in [2.45, 2.75) is 39.2 Å². The molecular formula is C10H22N2O2. The maximum atomic E-state index is 11.4. The van der Waals surface area contributed by atoms with Crippen molar-refractivity contribution in [2.75, 3.05) is 19.8 Å². The molecule has 84 valence electrons. The van der Waals surface area contributed by atoms with Crippen molar-refractivity contribution in [1.29, 1.82) is 0 Å². The van der Waals surface area contributed by atoms with Gasteiger partial charge in [-0.2, -0.15) is 0 Å². The van der Waals surface area contributed by atoms with E-state index in [-0.39, 0.29) is 18.1 Å². The average Bonchev–Trinajstić information content (AvgIpc) is 2.18. The third kappa shape index (κ3) is 5.19. The van der Waals surface area contributed by atoms with Crippen LogP contribution in [0.2, 0.25) is 0 Å². The number of carbonyl (C=O) groups is 1. The number of nitrogens with one attached hydrogen (secondary N) is 1. The largest absolute Gasteiger partial charge is 0.370 e. The quantitative estimate of drug-likeness (QED) is 0.596. The summed E-state index contributed by atoms with van der Waals surface area (Å²) >= 11 is 0. The fourth-order valence-corrected chi connectivity index (χ4v) is 1.05. The smallest absolute Gasteiger partial charge is 0.246 e. The Bertz CT molecular complexity index is 168. The van der Waals surface area contributed by atoms with Gasteiger partial charge >= 0.3 is 0 Å². The van der Waals surface area contributed by atoms with Gasteiger partial charge in [-0.15, -0.1) is 0 Å². The second-order valence-electron chi connectivity index (χ2n) is 3.66.